The van der Waals surface area contributed by atoms with Gasteiger partial charge >= 0.3 is 0 Å². The Morgan fingerprint density at radius 2 is 2.09 bits per heavy atom. The van der Waals surface area contributed by atoms with Gasteiger partial charge < -0.3 is 4.57 Å². The highest BCUT2D eigenvalue weighted by Crippen LogP contribution is 2.16. The zero-order valence-corrected chi connectivity index (χ0v) is 14.3. The normalized spacial score (nSPS) is 12.5. The Hall–Kier alpha value is -1.67. The number of rotatable bonds is 7. The van der Waals surface area contributed by atoms with Crippen LogP contribution in [0.5, 0.6) is 0 Å². The van der Waals surface area contributed by atoms with Crippen LogP contribution < -0.4 is 0 Å². The van der Waals surface area contributed by atoms with Gasteiger partial charge in [0.05, 0.1) is 11.9 Å². The fraction of sp³-hybridized carbons (Fsp3) is 0.571. The van der Waals surface area contributed by atoms with E-state index in [1.807, 2.05) is 17.7 Å². The predicted octanol–water partition coefficient (Wildman–Crippen LogP) is 1.30. The van der Waals surface area contributed by atoms with E-state index in [0.29, 0.717) is 25.6 Å². The molecule has 22 heavy (non-hydrogen) atoms. The lowest BCUT2D eigenvalue weighted by atomic mass is 10.2. The molecule has 0 aliphatic heterocycles. The molecule has 1 N–H and O–H groups in total. The second kappa shape index (κ2) is 6.62. The minimum absolute atomic E-state index is 0.145. The van der Waals surface area contributed by atoms with Crippen LogP contribution in [0.15, 0.2) is 23.6 Å². The van der Waals surface area contributed by atoms with Crippen LogP contribution in [-0.4, -0.2) is 46.4 Å². The summed E-state index contributed by atoms with van der Waals surface area (Å²) < 4.78 is 25.6. The Morgan fingerprint density at radius 1 is 1.36 bits per heavy atom. The average molecular weight is 325 g/mol. The third-order valence-corrected chi connectivity index (χ3v) is 4.20. The summed E-state index contributed by atoms with van der Waals surface area (Å²) in [6.45, 7) is 6.08. The second-order valence-electron chi connectivity index (χ2n) is 6.06. The van der Waals surface area contributed by atoms with Gasteiger partial charge in [0.1, 0.15) is 0 Å². The highest BCUT2D eigenvalue weighted by molar-refractivity contribution is 7.90. The first kappa shape index (κ1) is 16.7. The fourth-order valence-corrected chi connectivity index (χ4v) is 3.21. The Bertz CT molecular complexity index is 704. The van der Waals surface area contributed by atoms with Crippen molar-refractivity contribution in [2.24, 2.45) is 5.92 Å². The SMILES string of the molecule is CC(C)Cn1c(CN(C)Cc2ccn[nH]2)cnc1S(C)(=O)=O. The van der Waals surface area contributed by atoms with Gasteiger partial charge in [-0.15, -0.1) is 0 Å². The summed E-state index contributed by atoms with van der Waals surface area (Å²) in [6.07, 6.45) is 4.57. The molecule has 2 aromatic rings. The molecule has 2 aromatic heterocycles. The number of H-pyrrole nitrogens is 1. The van der Waals surface area contributed by atoms with Crippen molar-refractivity contribution < 1.29 is 8.42 Å². The first-order valence-corrected chi connectivity index (χ1v) is 9.07. The van der Waals surface area contributed by atoms with Crippen molar-refractivity contribution >= 4 is 9.84 Å². The summed E-state index contributed by atoms with van der Waals surface area (Å²) in [5.41, 5.74) is 1.91. The third kappa shape index (κ3) is 4.17. The molecule has 0 amide bonds. The lowest BCUT2D eigenvalue weighted by molar-refractivity contribution is 0.301. The zero-order chi connectivity index (χ0) is 16.3. The minimum atomic E-state index is -3.33. The van der Waals surface area contributed by atoms with E-state index in [4.69, 9.17) is 0 Å². The highest BCUT2D eigenvalue weighted by Gasteiger charge is 2.20. The van der Waals surface area contributed by atoms with E-state index in [1.165, 1.54) is 6.26 Å². The molecule has 0 aromatic carbocycles. The average Bonchev–Trinajstić information content (AvgIpc) is 2.99. The fourth-order valence-electron chi connectivity index (χ4n) is 2.37. The molecule has 0 saturated heterocycles. The number of nitrogens with zero attached hydrogens (tertiary/aromatic N) is 4. The lowest BCUT2D eigenvalue weighted by Gasteiger charge is -2.18. The maximum absolute atomic E-state index is 11.9. The van der Waals surface area contributed by atoms with Crippen LogP contribution in [0.1, 0.15) is 25.2 Å². The van der Waals surface area contributed by atoms with Crippen LogP contribution in [0, 0.1) is 5.92 Å². The van der Waals surface area contributed by atoms with Crippen molar-refractivity contribution in [3.8, 4) is 0 Å². The maximum atomic E-state index is 11.9. The van der Waals surface area contributed by atoms with Crippen molar-refractivity contribution in [3.05, 3.63) is 29.8 Å². The second-order valence-corrected chi connectivity index (χ2v) is 7.97. The van der Waals surface area contributed by atoms with Gasteiger partial charge in [-0.1, -0.05) is 13.8 Å². The number of aromatic nitrogens is 4. The molecule has 122 valence electrons. The van der Waals surface area contributed by atoms with Gasteiger partial charge in [-0.05, 0) is 19.0 Å². The van der Waals surface area contributed by atoms with Crippen LogP contribution >= 0.6 is 0 Å². The number of sulfone groups is 1. The van der Waals surface area contributed by atoms with E-state index < -0.39 is 9.84 Å². The van der Waals surface area contributed by atoms with Crippen LogP contribution in [0.2, 0.25) is 0 Å². The molecule has 0 bridgehead atoms. The Morgan fingerprint density at radius 3 is 2.64 bits per heavy atom. The summed E-state index contributed by atoms with van der Waals surface area (Å²) in [5.74, 6) is 0.339. The van der Waals surface area contributed by atoms with Crippen molar-refractivity contribution in [1.82, 2.24) is 24.6 Å². The van der Waals surface area contributed by atoms with Crippen LogP contribution in [0.4, 0.5) is 0 Å². The van der Waals surface area contributed by atoms with Gasteiger partial charge in [0.2, 0.25) is 15.0 Å². The van der Waals surface area contributed by atoms with E-state index in [0.717, 1.165) is 11.4 Å². The molecule has 0 atom stereocenters. The van der Waals surface area contributed by atoms with E-state index in [1.54, 1.807) is 12.4 Å². The molecule has 0 unspecified atom stereocenters. The summed E-state index contributed by atoms with van der Waals surface area (Å²) in [6, 6.07) is 1.92. The molecule has 8 heteroatoms. The van der Waals surface area contributed by atoms with E-state index in [9.17, 15) is 8.42 Å². The quantitative estimate of drug-likeness (QED) is 0.829. The summed E-state index contributed by atoms with van der Waals surface area (Å²) in [5, 5.41) is 6.99. The number of aromatic amines is 1. The van der Waals surface area contributed by atoms with Gasteiger partial charge in [0.15, 0.2) is 0 Å². The van der Waals surface area contributed by atoms with Gasteiger partial charge in [-0.2, -0.15) is 5.10 Å². The van der Waals surface area contributed by atoms with Gasteiger partial charge in [0.25, 0.3) is 0 Å². The smallest absolute Gasteiger partial charge is 0.227 e. The topological polar surface area (TPSA) is 83.9 Å². The van der Waals surface area contributed by atoms with Crippen molar-refractivity contribution in [1.29, 1.82) is 0 Å². The summed E-state index contributed by atoms with van der Waals surface area (Å²) in [7, 11) is -1.35. The van der Waals surface area contributed by atoms with Crippen molar-refractivity contribution in [2.45, 2.75) is 38.6 Å². The highest BCUT2D eigenvalue weighted by atomic mass is 32.2. The third-order valence-electron chi connectivity index (χ3n) is 3.21. The molecule has 0 spiro atoms. The standard InChI is InChI=1S/C14H23N5O2S/c1-11(2)8-19-13(7-15-14(19)22(4,20)21)10-18(3)9-12-5-6-16-17-12/h5-7,11H,8-10H2,1-4H3,(H,16,17). The molecular formula is C14H23N5O2S. The predicted molar refractivity (Wildman–Crippen MR) is 83.9 cm³/mol. The number of imidazole rings is 1. The molecular weight excluding hydrogens is 302 g/mol. The van der Waals surface area contributed by atoms with Crippen molar-refractivity contribution in [3.63, 3.8) is 0 Å². The van der Waals surface area contributed by atoms with Gasteiger partial charge in [-0.25, -0.2) is 13.4 Å². The molecule has 0 saturated carbocycles. The Labute approximate surface area is 131 Å². The maximum Gasteiger partial charge on any atom is 0.227 e. The molecule has 0 aliphatic rings. The first-order chi connectivity index (χ1) is 10.3. The molecule has 0 aliphatic carbocycles. The first-order valence-electron chi connectivity index (χ1n) is 7.18. The monoisotopic (exact) mass is 325 g/mol. The Kier molecular flexibility index (Phi) is 5.02. The van der Waals surface area contributed by atoms with Crippen LogP contribution in [0.3, 0.4) is 0 Å². The zero-order valence-electron chi connectivity index (χ0n) is 13.4. The van der Waals surface area contributed by atoms with Crippen LogP contribution in [0.25, 0.3) is 0 Å². The molecule has 7 nitrogen and oxygen atoms in total. The van der Waals surface area contributed by atoms with E-state index in [2.05, 4.69) is 33.9 Å². The van der Waals surface area contributed by atoms with E-state index in [-0.39, 0.29) is 5.16 Å². The largest absolute Gasteiger partial charge is 0.317 e. The number of hydrogen-bond acceptors (Lipinski definition) is 5. The lowest BCUT2D eigenvalue weighted by Crippen LogP contribution is -2.22. The summed E-state index contributed by atoms with van der Waals surface area (Å²) >= 11 is 0. The Balaban J connectivity index is 2.21. The number of nitrogens with one attached hydrogen (secondary N) is 1. The summed E-state index contributed by atoms with van der Waals surface area (Å²) in [4.78, 5) is 6.21. The van der Waals surface area contributed by atoms with Crippen molar-refractivity contribution in [2.75, 3.05) is 13.3 Å². The van der Waals surface area contributed by atoms with Gasteiger partial charge in [0, 0.05) is 37.8 Å². The molecule has 0 radical (unpaired) electrons. The van der Waals surface area contributed by atoms with Gasteiger partial charge in [-0.3, -0.25) is 10.00 Å². The minimum Gasteiger partial charge on any atom is -0.317 e. The molecule has 2 heterocycles. The van der Waals surface area contributed by atoms with E-state index >= 15 is 0 Å². The molecule has 0 fully saturated rings. The van der Waals surface area contributed by atoms with Crippen LogP contribution in [-0.2, 0) is 29.5 Å². The molecule has 2 rings (SSSR count). The number of hydrogen-bond donors (Lipinski definition) is 1.